The van der Waals surface area contributed by atoms with Crippen LogP contribution in [0.25, 0.3) is 0 Å². The highest BCUT2D eigenvalue weighted by molar-refractivity contribution is 5.44. The molecule has 0 saturated carbocycles. The minimum absolute atomic E-state index is 0.136. The van der Waals surface area contributed by atoms with E-state index in [0.29, 0.717) is 19.1 Å². The average Bonchev–Trinajstić information content (AvgIpc) is 2.62. The van der Waals surface area contributed by atoms with Crippen molar-refractivity contribution in [2.45, 2.75) is 25.5 Å². The Morgan fingerprint density at radius 1 is 0.958 bits per heavy atom. The molecule has 2 rings (SSSR count). The molecule has 3 heteroatoms. The lowest BCUT2D eigenvalue weighted by Gasteiger charge is -2.24. The van der Waals surface area contributed by atoms with Crippen LogP contribution >= 0.6 is 0 Å². The lowest BCUT2D eigenvalue weighted by molar-refractivity contribution is -0.914. The first-order chi connectivity index (χ1) is 11.6. The van der Waals surface area contributed by atoms with Crippen LogP contribution in [0.2, 0.25) is 0 Å². The third-order valence-electron chi connectivity index (χ3n) is 4.22. The predicted octanol–water partition coefficient (Wildman–Crippen LogP) is 1.21. The number of aliphatic hydroxyl groups excluding tert-OH is 1. The van der Waals surface area contributed by atoms with Crippen LogP contribution < -0.4 is 4.90 Å². The minimum atomic E-state index is -1.33. The van der Waals surface area contributed by atoms with Crippen molar-refractivity contribution in [2.75, 3.05) is 19.7 Å². The molecule has 2 aromatic carbocycles. The second-order valence-corrected chi connectivity index (χ2v) is 6.21. The molecule has 126 valence electrons. The summed E-state index contributed by atoms with van der Waals surface area (Å²) in [6, 6.07) is 19.4. The largest absolute Gasteiger partial charge is 0.391 e. The molecule has 3 N–H and O–H groups in total. The van der Waals surface area contributed by atoms with Gasteiger partial charge in [-0.1, -0.05) is 66.6 Å². The van der Waals surface area contributed by atoms with Crippen molar-refractivity contribution in [2.24, 2.45) is 0 Å². The Morgan fingerprint density at radius 3 is 1.88 bits per heavy atom. The van der Waals surface area contributed by atoms with Crippen molar-refractivity contribution in [3.63, 3.8) is 0 Å². The molecule has 0 saturated heterocycles. The van der Waals surface area contributed by atoms with E-state index < -0.39 is 5.60 Å². The third-order valence-corrected chi connectivity index (χ3v) is 4.22. The molecule has 0 aromatic heterocycles. The van der Waals surface area contributed by atoms with Gasteiger partial charge in [0.25, 0.3) is 0 Å². The monoisotopic (exact) mass is 324 g/mol. The fourth-order valence-electron chi connectivity index (χ4n) is 2.68. The normalized spacial score (nSPS) is 12.5. The van der Waals surface area contributed by atoms with E-state index in [2.05, 4.69) is 25.7 Å². The predicted molar refractivity (Wildman–Crippen MR) is 96.6 cm³/mol. The molecular weight excluding hydrogens is 298 g/mol. The van der Waals surface area contributed by atoms with Gasteiger partial charge in [-0.2, -0.15) is 0 Å². The Kier molecular flexibility index (Phi) is 6.57. The summed E-state index contributed by atoms with van der Waals surface area (Å²) in [6.45, 7) is 5.58. The van der Waals surface area contributed by atoms with Gasteiger partial charge in [-0.3, -0.25) is 0 Å². The maximum atomic E-state index is 11.3. The Morgan fingerprint density at radius 2 is 1.46 bits per heavy atom. The first kappa shape index (κ1) is 18.2. The Labute approximate surface area is 144 Å². The van der Waals surface area contributed by atoms with Gasteiger partial charge in [0.15, 0.2) is 5.60 Å². The lowest BCUT2D eigenvalue weighted by Crippen LogP contribution is -3.15. The standard InChI is InChI=1S/C21H25NO2/c1-18(2)22(16-17-23)15-9-14-21(24,19-10-5-3-6-11-19)20-12-7-4-8-13-20/h3-8,10-13,18,23-24H,15-17H2,1-2H3/p+1. The Bertz CT molecular complexity index is 632. The molecule has 0 spiro atoms. The van der Waals surface area contributed by atoms with Crippen LogP contribution in [0.3, 0.4) is 0 Å². The molecule has 0 radical (unpaired) electrons. The van der Waals surface area contributed by atoms with Crippen LogP contribution in [0.1, 0.15) is 25.0 Å². The summed E-state index contributed by atoms with van der Waals surface area (Å²) in [5.74, 6) is 6.22. The van der Waals surface area contributed by atoms with Crippen LogP contribution in [0.4, 0.5) is 0 Å². The summed E-state index contributed by atoms with van der Waals surface area (Å²) in [5.41, 5.74) is 0.193. The fraction of sp³-hybridized carbons (Fsp3) is 0.333. The van der Waals surface area contributed by atoms with Crippen molar-refractivity contribution >= 4 is 0 Å². The zero-order valence-electron chi connectivity index (χ0n) is 14.4. The first-order valence-electron chi connectivity index (χ1n) is 8.37. The number of aliphatic hydroxyl groups is 2. The summed E-state index contributed by atoms with van der Waals surface area (Å²) >= 11 is 0. The highest BCUT2D eigenvalue weighted by atomic mass is 16.3. The van der Waals surface area contributed by atoms with E-state index in [4.69, 9.17) is 0 Å². The zero-order chi connectivity index (χ0) is 17.4. The second kappa shape index (κ2) is 8.65. The topological polar surface area (TPSA) is 44.9 Å². The van der Waals surface area contributed by atoms with Gasteiger partial charge >= 0.3 is 0 Å². The molecule has 0 fully saturated rings. The summed E-state index contributed by atoms with van der Waals surface area (Å²) in [5, 5.41) is 20.5. The van der Waals surface area contributed by atoms with Gasteiger partial charge in [0.1, 0.15) is 13.1 Å². The highest BCUT2D eigenvalue weighted by Gasteiger charge is 2.29. The molecule has 0 aliphatic carbocycles. The maximum absolute atomic E-state index is 11.3. The van der Waals surface area contributed by atoms with Crippen LogP contribution in [0.5, 0.6) is 0 Å². The summed E-state index contributed by atoms with van der Waals surface area (Å²) in [6.07, 6.45) is 0. The SMILES string of the molecule is CC(C)[NH+](CC#CC(O)(c1ccccc1)c1ccccc1)CCO. The fourth-order valence-corrected chi connectivity index (χ4v) is 2.68. The van der Waals surface area contributed by atoms with E-state index in [-0.39, 0.29) is 6.61 Å². The maximum Gasteiger partial charge on any atom is 0.177 e. The summed E-state index contributed by atoms with van der Waals surface area (Å²) < 4.78 is 0. The minimum Gasteiger partial charge on any atom is -0.391 e. The molecule has 0 aliphatic heterocycles. The highest BCUT2D eigenvalue weighted by Crippen LogP contribution is 2.28. The van der Waals surface area contributed by atoms with E-state index in [0.717, 1.165) is 11.1 Å². The van der Waals surface area contributed by atoms with Crippen molar-refractivity contribution in [3.8, 4) is 11.8 Å². The number of rotatable bonds is 6. The van der Waals surface area contributed by atoms with E-state index in [1.807, 2.05) is 60.7 Å². The van der Waals surface area contributed by atoms with Crippen molar-refractivity contribution < 1.29 is 15.1 Å². The Balaban J connectivity index is 2.34. The number of benzene rings is 2. The molecule has 2 aromatic rings. The smallest absolute Gasteiger partial charge is 0.177 e. The average molecular weight is 324 g/mol. The molecule has 1 unspecified atom stereocenters. The molecule has 1 atom stereocenters. The van der Waals surface area contributed by atoms with E-state index in [1.54, 1.807) is 0 Å². The third kappa shape index (κ3) is 4.46. The molecule has 0 bridgehead atoms. The molecule has 3 nitrogen and oxygen atoms in total. The van der Waals surface area contributed by atoms with Crippen molar-refractivity contribution in [1.82, 2.24) is 0 Å². The number of hydrogen-bond donors (Lipinski definition) is 3. The summed E-state index contributed by atoms with van der Waals surface area (Å²) in [4.78, 5) is 1.20. The van der Waals surface area contributed by atoms with Gasteiger partial charge in [-0.25, -0.2) is 0 Å². The number of nitrogens with one attached hydrogen (secondary N) is 1. The molecular formula is C21H26NO2+. The molecule has 0 aliphatic rings. The summed E-state index contributed by atoms with van der Waals surface area (Å²) in [7, 11) is 0. The van der Waals surface area contributed by atoms with Gasteiger partial charge in [0, 0.05) is 11.1 Å². The van der Waals surface area contributed by atoms with E-state index >= 15 is 0 Å². The van der Waals surface area contributed by atoms with Crippen LogP contribution in [0, 0.1) is 11.8 Å². The van der Waals surface area contributed by atoms with E-state index in [1.165, 1.54) is 4.90 Å². The van der Waals surface area contributed by atoms with Gasteiger partial charge in [-0.05, 0) is 19.8 Å². The van der Waals surface area contributed by atoms with Crippen LogP contribution in [0.15, 0.2) is 60.7 Å². The number of quaternary nitrogens is 1. The van der Waals surface area contributed by atoms with Gasteiger partial charge < -0.3 is 15.1 Å². The van der Waals surface area contributed by atoms with Crippen LogP contribution in [-0.4, -0.2) is 36.0 Å². The number of hydrogen-bond acceptors (Lipinski definition) is 2. The Hall–Kier alpha value is -2.12. The van der Waals surface area contributed by atoms with Crippen molar-refractivity contribution in [1.29, 1.82) is 0 Å². The first-order valence-corrected chi connectivity index (χ1v) is 8.37. The molecule has 0 heterocycles. The van der Waals surface area contributed by atoms with Gasteiger partial charge in [0.2, 0.25) is 0 Å². The molecule has 24 heavy (non-hydrogen) atoms. The van der Waals surface area contributed by atoms with Gasteiger partial charge in [-0.15, -0.1) is 0 Å². The van der Waals surface area contributed by atoms with Crippen molar-refractivity contribution in [3.05, 3.63) is 71.8 Å². The van der Waals surface area contributed by atoms with E-state index in [9.17, 15) is 10.2 Å². The second-order valence-electron chi connectivity index (χ2n) is 6.21. The van der Waals surface area contributed by atoms with Gasteiger partial charge in [0.05, 0.1) is 12.6 Å². The zero-order valence-corrected chi connectivity index (χ0v) is 14.4. The quantitative estimate of drug-likeness (QED) is 0.700. The lowest BCUT2D eigenvalue weighted by atomic mass is 9.87. The van der Waals surface area contributed by atoms with Crippen LogP contribution in [-0.2, 0) is 5.60 Å². The molecule has 0 amide bonds.